The number of aliphatic carboxylic acids is 1. The number of rotatable bonds is 4. The summed E-state index contributed by atoms with van der Waals surface area (Å²) in [6, 6.07) is 4.66. The fraction of sp³-hybridized carbons (Fsp3) is 0.533. The van der Waals surface area contributed by atoms with Gasteiger partial charge in [-0.2, -0.15) is 0 Å². The third kappa shape index (κ3) is 4.44. The van der Waals surface area contributed by atoms with Crippen LogP contribution in [0.5, 0.6) is 0 Å². The molecule has 0 radical (unpaired) electrons. The van der Waals surface area contributed by atoms with E-state index >= 15 is 0 Å². The van der Waals surface area contributed by atoms with E-state index < -0.39 is 5.97 Å². The van der Waals surface area contributed by atoms with Gasteiger partial charge in [0.25, 0.3) is 0 Å². The smallest absolute Gasteiger partial charge is 0.328 e. The zero-order valence-electron chi connectivity index (χ0n) is 12.1. The summed E-state index contributed by atoms with van der Waals surface area (Å²) >= 11 is 1.67. The lowest BCUT2D eigenvalue weighted by Gasteiger charge is -2.27. The van der Waals surface area contributed by atoms with Crippen LogP contribution in [0.2, 0.25) is 0 Å². The minimum absolute atomic E-state index is 0.558. The molecule has 4 nitrogen and oxygen atoms in total. The molecule has 1 aliphatic rings. The van der Waals surface area contributed by atoms with Crippen LogP contribution < -0.4 is 0 Å². The quantitative estimate of drug-likeness (QED) is 0.866. The van der Waals surface area contributed by atoms with Crippen LogP contribution in [0.15, 0.2) is 18.2 Å². The van der Waals surface area contributed by atoms with Gasteiger partial charge < -0.3 is 10.0 Å². The van der Waals surface area contributed by atoms with E-state index in [1.807, 2.05) is 6.07 Å². The monoisotopic (exact) mass is 294 g/mol. The third-order valence-electron chi connectivity index (χ3n) is 3.62. The van der Waals surface area contributed by atoms with E-state index in [1.54, 1.807) is 17.4 Å². The standard InChI is InChI=1S/C15H22N2O2S/c1-12-10-16(2)8-3-9-17(12)11-14-5-4-13(20-14)6-7-15(18)19/h4-7,12H,3,8-11H2,1-2H3,(H,18,19)/b7-6+. The molecular weight excluding hydrogens is 272 g/mol. The largest absolute Gasteiger partial charge is 0.478 e. The van der Waals surface area contributed by atoms with Gasteiger partial charge in [-0.05, 0) is 45.1 Å². The molecule has 0 aromatic carbocycles. The molecule has 0 aliphatic carbocycles. The van der Waals surface area contributed by atoms with Crippen molar-refractivity contribution in [1.29, 1.82) is 0 Å². The van der Waals surface area contributed by atoms with Crippen molar-refractivity contribution in [1.82, 2.24) is 9.80 Å². The lowest BCUT2D eigenvalue weighted by Crippen LogP contribution is -2.37. The SMILES string of the molecule is CC1CN(C)CCCN1Cc1ccc(/C=C/C(=O)O)s1. The maximum absolute atomic E-state index is 10.5. The summed E-state index contributed by atoms with van der Waals surface area (Å²) in [5.74, 6) is -0.899. The number of carbonyl (C=O) groups is 1. The van der Waals surface area contributed by atoms with Crippen molar-refractivity contribution in [2.45, 2.75) is 25.9 Å². The number of nitrogens with zero attached hydrogens (tertiary/aromatic N) is 2. The molecule has 1 fully saturated rings. The van der Waals surface area contributed by atoms with E-state index in [0.29, 0.717) is 6.04 Å². The van der Waals surface area contributed by atoms with Gasteiger partial charge >= 0.3 is 5.97 Å². The molecule has 20 heavy (non-hydrogen) atoms. The first-order valence-corrected chi connectivity index (χ1v) is 7.78. The summed E-state index contributed by atoms with van der Waals surface area (Å²) in [7, 11) is 2.18. The van der Waals surface area contributed by atoms with Crippen LogP contribution >= 0.6 is 11.3 Å². The van der Waals surface area contributed by atoms with Crippen LogP contribution in [0.1, 0.15) is 23.1 Å². The van der Waals surface area contributed by atoms with Gasteiger partial charge in [-0.25, -0.2) is 4.79 Å². The highest BCUT2D eigenvalue weighted by Crippen LogP contribution is 2.21. The number of carboxylic acid groups (broad SMARTS) is 1. The van der Waals surface area contributed by atoms with Gasteiger partial charge in [0.1, 0.15) is 0 Å². The predicted molar refractivity (Wildman–Crippen MR) is 83.0 cm³/mol. The lowest BCUT2D eigenvalue weighted by molar-refractivity contribution is -0.131. The highest BCUT2D eigenvalue weighted by Gasteiger charge is 2.19. The second-order valence-corrected chi connectivity index (χ2v) is 6.61. The molecule has 1 unspecified atom stereocenters. The van der Waals surface area contributed by atoms with Gasteiger partial charge in [0, 0.05) is 41.5 Å². The number of hydrogen-bond acceptors (Lipinski definition) is 4. The molecule has 0 amide bonds. The molecule has 1 N–H and O–H groups in total. The first-order valence-electron chi connectivity index (χ1n) is 6.97. The predicted octanol–water partition coefficient (Wildman–Crippen LogP) is 2.37. The minimum atomic E-state index is -0.899. The van der Waals surface area contributed by atoms with Gasteiger partial charge in [0.15, 0.2) is 0 Å². The van der Waals surface area contributed by atoms with E-state index in [1.165, 1.54) is 17.4 Å². The second kappa shape index (κ2) is 7.02. The number of likely N-dealkylation sites (N-methyl/N-ethyl adjacent to an activating group) is 1. The van der Waals surface area contributed by atoms with Crippen LogP contribution in [0.4, 0.5) is 0 Å². The maximum Gasteiger partial charge on any atom is 0.328 e. The van der Waals surface area contributed by atoms with Crippen LogP contribution in [-0.2, 0) is 11.3 Å². The summed E-state index contributed by atoms with van der Waals surface area (Å²) < 4.78 is 0. The Balaban J connectivity index is 1.97. The Morgan fingerprint density at radius 3 is 3.05 bits per heavy atom. The normalized spacial score (nSPS) is 22.2. The summed E-state index contributed by atoms with van der Waals surface area (Å²) in [6.45, 7) is 6.64. The van der Waals surface area contributed by atoms with Gasteiger partial charge in [0.2, 0.25) is 0 Å². The highest BCUT2D eigenvalue weighted by molar-refractivity contribution is 7.12. The summed E-state index contributed by atoms with van der Waals surface area (Å²) in [5.41, 5.74) is 0. The number of carboxylic acids is 1. The van der Waals surface area contributed by atoms with E-state index in [0.717, 1.165) is 31.1 Å². The van der Waals surface area contributed by atoms with E-state index in [9.17, 15) is 4.79 Å². The molecule has 110 valence electrons. The third-order valence-corrected chi connectivity index (χ3v) is 4.65. The molecule has 1 aromatic rings. The number of hydrogen-bond donors (Lipinski definition) is 1. The Bertz CT molecular complexity index is 484. The molecular formula is C15H22N2O2S. The van der Waals surface area contributed by atoms with Crippen molar-refractivity contribution < 1.29 is 9.90 Å². The first kappa shape index (κ1) is 15.2. The van der Waals surface area contributed by atoms with Crippen LogP contribution in [0.25, 0.3) is 6.08 Å². The maximum atomic E-state index is 10.5. The average molecular weight is 294 g/mol. The van der Waals surface area contributed by atoms with E-state index in [4.69, 9.17) is 5.11 Å². The molecule has 5 heteroatoms. The second-order valence-electron chi connectivity index (χ2n) is 5.41. The molecule has 0 bridgehead atoms. The molecule has 2 heterocycles. The summed E-state index contributed by atoms with van der Waals surface area (Å²) in [6.07, 6.45) is 4.06. The van der Waals surface area contributed by atoms with E-state index in [2.05, 4.69) is 29.8 Å². The van der Waals surface area contributed by atoms with Gasteiger partial charge in [-0.1, -0.05) is 0 Å². The fourth-order valence-electron chi connectivity index (χ4n) is 2.58. The molecule has 1 aromatic heterocycles. The van der Waals surface area contributed by atoms with Crippen molar-refractivity contribution in [3.05, 3.63) is 28.0 Å². The molecule has 0 saturated carbocycles. The zero-order chi connectivity index (χ0) is 14.5. The van der Waals surface area contributed by atoms with Crippen molar-refractivity contribution in [3.8, 4) is 0 Å². The highest BCUT2D eigenvalue weighted by atomic mass is 32.1. The van der Waals surface area contributed by atoms with Crippen molar-refractivity contribution in [3.63, 3.8) is 0 Å². The van der Waals surface area contributed by atoms with Gasteiger partial charge in [0.05, 0.1) is 0 Å². The van der Waals surface area contributed by atoms with E-state index in [-0.39, 0.29) is 0 Å². The molecule has 0 spiro atoms. The molecule has 1 atom stereocenters. The Labute approximate surface area is 124 Å². The zero-order valence-corrected chi connectivity index (χ0v) is 12.9. The molecule has 2 rings (SSSR count). The Kier molecular flexibility index (Phi) is 5.34. The Morgan fingerprint density at radius 1 is 1.50 bits per heavy atom. The first-order chi connectivity index (χ1) is 9.54. The Hall–Kier alpha value is -1.17. The average Bonchev–Trinajstić information content (AvgIpc) is 2.76. The lowest BCUT2D eigenvalue weighted by atomic mass is 10.2. The van der Waals surface area contributed by atoms with Crippen molar-refractivity contribution >= 4 is 23.4 Å². The Morgan fingerprint density at radius 2 is 2.30 bits per heavy atom. The fourth-order valence-corrected chi connectivity index (χ4v) is 3.52. The van der Waals surface area contributed by atoms with Gasteiger partial charge in [-0.3, -0.25) is 4.90 Å². The van der Waals surface area contributed by atoms with Crippen molar-refractivity contribution in [2.24, 2.45) is 0 Å². The summed E-state index contributed by atoms with van der Waals surface area (Å²) in [4.78, 5) is 17.7. The van der Waals surface area contributed by atoms with Crippen LogP contribution in [-0.4, -0.2) is 53.6 Å². The van der Waals surface area contributed by atoms with Crippen molar-refractivity contribution in [2.75, 3.05) is 26.7 Å². The molecule has 1 aliphatic heterocycles. The van der Waals surface area contributed by atoms with Crippen LogP contribution in [0.3, 0.4) is 0 Å². The topological polar surface area (TPSA) is 43.8 Å². The summed E-state index contributed by atoms with van der Waals surface area (Å²) in [5, 5.41) is 8.64. The minimum Gasteiger partial charge on any atom is -0.478 e. The molecule has 1 saturated heterocycles. The van der Waals surface area contributed by atoms with Gasteiger partial charge in [-0.15, -0.1) is 11.3 Å². The number of thiophene rings is 1. The van der Waals surface area contributed by atoms with Crippen LogP contribution in [0, 0.1) is 0 Å².